The molecular formula is C59H60Cl2N2P2RuS+4. The van der Waals surface area contributed by atoms with Crippen LogP contribution in [0.25, 0.3) is 0 Å². The van der Waals surface area contributed by atoms with Gasteiger partial charge in [-0.05, 0) is 145 Å². The van der Waals surface area contributed by atoms with Gasteiger partial charge in [-0.1, -0.05) is 146 Å². The summed E-state index contributed by atoms with van der Waals surface area (Å²) in [5.74, 6) is 0. The van der Waals surface area contributed by atoms with E-state index in [9.17, 15) is 0 Å². The number of rotatable bonds is 11. The van der Waals surface area contributed by atoms with Crippen LogP contribution in [0.4, 0.5) is 0 Å². The van der Waals surface area contributed by atoms with E-state index in [1.807, 2.05) is 60.7 Å². The van der Waals surface area contributed by atoms with Crippen LogP contribution in [0.5, 0.6) is 0 Å². The molecule has 0 fully saturated rings. The molecular weight excluding hydrogens is 1000 g/mol. The van der Waals surface area contributed by atoms with Gasteiger partial charge in [0.05, 0.1) is 21.1 Å². The number of halogens is 2. The van der Waals surface area contributed by atoms with E-state index in [-0.39, 0.29) is 32.5 Å². The maximum atomic E-state index is 6.15. The third-order valence-corrected chi connectivity index (χ3v) is 19.4. The van der Waals surface area contributed by atoms with Gasteiger partial charge >= 0.3 is 34.5 Å². The monoisotopic (exact) mass is 1060 g/mol. The second-order valence-electron chi connectivity index (χ2n) is 17.3. The predicted molar refractivity (Wildman–Crippen MR) is 296 cm³/mol. The van der Waals surface area contributed by atoms with E-state index in [1.165, 1.54) is 81.5 Å². The molecule has 67 heavy (non-hydrogen) atoms. The van der Waals surface area contributed by atoms with Gasteiger partial charge in [0.1, 0.15) is 31.8 Å². The summed E-state index contributed by atoms with van der Waals surface area (Å²) < 4.78 is 0. The van der Waals surface area contributed by atoms with Crippen molar-refractivity contribution in [1.29, 1.82) is 0 Å². The van der Waals surface area contributed by atoms with Crippen LogP contribution < -0.4 is 43.3 Å². The molecule has 340 valence electrons. The first-order chi connectivity index (χ1) is 33.0. The molecule has 2 aliphatic rings. The molecule has 8 aromatic rings. The third kappa shape index (κ3) is 12.1. The van der Waals surface area contributed by atoms with E-state index < -0.39 is 15.8 Å². The Morgan fingerprint density at radius 2 is 0.657 bits per heavy atom. The summed E-state index contributed by atoms with van der Waals surface area (Å²) in [4.78, 5) is 0. The number of thiol groups is 1. The fourth-order valence-electron chi connectivity index (χ4n) is 10.1. The Balaban J connectivity index is 0.000000268. The van der Waals surface area contributed by atoms with Crippen LogP contribution in [0.15, 0.2) is 206 Å². The third-order valence-electron chi connectivity index (χ3n) is 13.2. The average Bonchev–Trinajstić information content (AvgIpc) is 3.40. The van der Waals surface area contributed by atoms with Crippen molar-refractivity contribution in [3.8, 4) is 0 Å². The molecule has 0 aliphatic heterocycles. The normalized spacial score (nSPS) is 13.9. The van der Waals surface area contributed by atoms with Crippen molar-refractivity contribution in [2.45, 2.75) is 68.7 Å². The first-order valence-corrected chi connectivity index (χ1v) is 31.4. The van der Waals surface area contributed by atoms with E-state index in [0.717, 1.165) is 24.0 Å². The molecule has 0 radical (unpaired) electrons. The average molecular weight is 1060 g/mol. The molecule has 2 nitrogen and oxygen atoms in total. The molecule has 2 atom stereocenters. The summed E-state index contributed by atoms with van der Waals surface area (Å²) in [6.07, 6.45) is 9.70. The molecule has 2 aliphatic carbocycles. The number of nitrogens with two attached hydrogens (primary N) is 2. The van der Waals surface area contributed by atoms with Crippen LogP contribution in [0, 0.1) is 0 Å². The van der Waals surface area contributed by atoms with Crippen LogP contribution in [0.1, 0.15) is 87.5 Å². The van der Waals surface area contributed by atoms with Crippen molar-refractivity contribution in [3.05, 3.63) is 251 Å². The minimum atomic E-state index is -1.29. The van der Waals surface area contributed by atoms with E-state index in [2.05, 4.69) is 146 Å². The van der Waals surface area contributed by atoms with Gasteiger partial charge < -0.3 is 11.5 Å². The number of benzene rings is 8. The fraction of sp³-hybridized carbons (Fsp3) is 0.186. The van der Waals surface area contributed by atoms with Crippen LogP contribution >= 0.6 is 47.9 Å². The molecule has 0 aromatic heterocycles. The van der Waals surface area contributed by atoms with Crippen LogP contribution in [-0.4, -0.2) is 0 Å². The zero-order valence-corrected chi connectivity index (χ0v) is 43.9. The van der Waals surface area contributed by atoms with Gasteiger partial charge in [0.25, 0.3) is 0 Å². The predicted octanol–water partition coefficient (Wildman–Crippen LogP) is 12.2. The SMILES string of the molecule is NC(c1ccccc1)C(N)c1ccccc1.SC(c1c([PH+](c2ccccc2)c2ccccc2)ccc2c1CCCC2)c1c([PH+](c2ccccc2)c2ccccc2)ccc2c1CCCC2.[Cl][Ru+2][Cl]. The molecule has 0 amide bonds. The molecule has 0 spiro atoms. The number of hydrogen-bond donors (Lipinski definition) is 3. The summed E-state index contributed by atoms with van der Waals surface area (Å²) in [5, 5.41) is 8.83. The van der Waals surface area contributed by atoms with Gasteiger partial charge in [-0.15, -0.1) is 0 Å². The Kier molecular flexibility index (Phi) is 18.5. The maximum absolute atomic E-state index is 6.15. The first-order valence-electron chi connectivity index (χ1n) is 23.4. The van der Waals surface area contributed by atoms with Gasteiger partial charge in [-0.25, -0.2) is 0 Å². The number of aryl methyl sites for hydroxylation is 2. The van der Waals surface area contributed by atoms with Crippen molar-refractivity contribution in [2.24, 2.45) is 11.5 Å². The topological polar surface area (TPSA) is 52.0 Å². The van der Waals surface area contributed by atoms with E-state index in [0.29, 0.717) is 0 Å². The summed E-state index contributed by atoms with van der Waals surface area (Å²) in [7, 11) is 7.13. The molecule has 0 saturated carbocycles. The Morgan fingerprint density at radius 1 is 0.388 bits per heavy atom. The molecule has 8 aromatic carbocycles. The quantitative estimate of drug-likeness (QED) is 0.0687. The Morgan fingerprint density at radius 3 is 0.955 bits per heavy atom. The van der Waals surface area contributed by atoms with Crippen LogP contribution in [-0.2, 0) is 40.8 Å². The zero-order chi connectivity index (χ0) is 46.4. The first kappa shape index (κ1) is 49.5. The zero-order valence-electron chi connectivity index (χ0n) is 37.7. The van der Waals surface area contributed by atoms with Gasteiger partial charge in [-0.2, -0.15) is 12.6 Å². The molecule has 8 heteroatoms. The van der Waals surface area contributed by atoms with Crippen molar-refractivity contribution in [1.82, 2.24) is 0 Å². The Hall–Kier alpha value is -3.91. The van der Waals surface area contributed by atoms with Crippen LogP contribution in [0.3, 0.4) is 0 Å². The van der Waals surface area contributed by atoms with E-state index >= 15 is 0 Å². The summed E-state index contributed by atoms with van der Waals surface area (Å²) in [6.45, 7) is 0. The Labute approximate surface area is 422 Å². The van der Waals surface area contributed by atoms with E-state index in [1.54, 1.807) is 22.3 Å². The van der Waals surface area contributed by atoms with Gasteiger partial charge in [-0.3, -0.25) is 0 Å². The standard InChI is InChI=1S/C45H42P2S.C14H16N2.2ClH.Ru/c48-45(43-39-27-15-13-17-33(39)29-31-41(43)46(35-19-5-1-6-20-35)36-21-7-2-8-22-36)44-40-28-16-14-18-34(40)30-32-42(44)47(37-23-9-3-10-24-37)38-25-11-4-12-26-38;15-13(11-7-3-1-4-8-11)14(16)12-9-5-2-6-10-12;;;/h1-12,19-26,29-32,45,48H,13-18,27-28H2;1-10,13-14H,15-16H2;2*1H;/q;;;;+4. The van der Waals surface area contributed by atoms with Crippen LogP contribution in [0.2, 0.25) is 0 Å². The second kappa shape index (κ2) is 25.1. The molecule has 0 bridgehead atoms. The van der Waals surface area contributed by atoms with Crippen molar-refractivity contribution >= 4 is 79.7 Å². The summed E-state index contributed by atoms with van der Waals surface area (Å²) in [5.41, 5.74) is 23.7. The molecule has 0 heterocycles. The van der Waals surface area contributed by atoms with Crippen molar-refractivity contribution < 1.29 is 15.1 Å². The van der Waals surface area contributed by atoms with Gasteiger partial charge in [0, 0.05) is 23.2 Å². The minimum absolute atomic E-state index is 0.0101. The second-order valence-corrected chi connectivity index (χ2v) is 25.3. The van der Waals surface area contributed by atoms with Crippen molar-refractivity contribution in [3.63, 3.8) is 0 Å². The van der Waals surface area contributed by atoms with E-state index in [4.69, 9.17) is 43.5 Å². The molecule has 0 saturated heterocycles. The molecule has 2 unspecified atom stereocenters. The Bertz CT molecular complexity index is 2490. The van der Waals surface area contributed by atoms with Gasteiger partial charge in [0.2, 0.25) is 0 Å². The number of hydrogen-bond acceptors (Lipinski definition) is 3. The van der Waals surface area contributed by atoms with Crippen molar-refractivity contribution in [2.75, 3.05) is 0 Å². The summed E-state index contributed by atoms with van der Waals surface area (Å²) in [6, 6.07) is 74.9. The molecule has 4 N–H and O–H groups in total. The fourth-order valence-corrected chi connectivity index (χ4v) is 16.5. The summed E-state index contributed by atoms with van der Waals surface area (Å²) >= 11 is 5.54. The molecule has 10 rings (SSSR count). The number of fused-ring (bicyclic) bond motifs is 2. The van der Waals surface area contributed by atoms with Gasteiger partial charge in [0.15, 0.2) is 0 Å².